The van der Waals surface area contributed by atoms with Crippen LogP contribution in [-0.2, 0) is 0 Å². The van der Waals surface area contributed by atoms with Gasteiger partial charge in [0.1, 0.15) is 0 Å². The Hall–Kier alpha value is 0.183. The molecular formula is C8H11ClGe. The van der Waals surface area contributed by atoms with Crippen LogP contribution in [0.1, 0.15) is 13.8 Å². The van der Waals surface area contributed by atoms with E-state index in [2.05, 4.69) is 30.6 Å². The molecule has 10 heavy (non-hydrogen) atoms. The molecule has 0 aromatic carbocycles. The first-order chi connectivity index (χ1) is 4.63. The molecule has 1 aliphatic heterocycles. The molecule has 0 aromatic rings. The van der Waals surface area contributed by atoms with Gasteiger partial charge in [-0.1, -0.05) is 0 Å². The van der Waals surface area contributed by atoms with Crippen molar-refractivity contribution < 1.29 is 0 Å². The van der Waals surface area contributed by atoms with Crippen LogP contribution >= 0.6 is 11.6 Å². The molecule has 0 aromatic heterocycles. The Morgan fingerprint density at radius 3 is 2.50 bits per heavy atom. The van der Waals surface area contributed by atoms with Gasteiger partial charge in [0.2, 0.25) is 0 Å². The average Bonchev–Trinajstić information content (AvgIpc) is 1.93. The van der Waals surface area contributed by atoms with Crippen LogP contribution in [0.2, 0.25) is 5.76 Å². The number of allylic oxidation sites excluding steroid dienone is 3. The van der Waals surface area contributed by atoms with E-state index in [0.29, 0.717) is 0 Å². The van der Waals surface area contributed by atoms with Crippen molar-refractivity contribution in [1.29, 1.82) is 0 Å². The van der Waals surface area contributed by atoms with Crippen LogP contribution in [0.15, 0.2) is 21.6 Å². The Bertz CT molecular complexity index is 220. The number of rotatable bonds is 0. The molecule has 0 bridgehead atoms. The van der Waals surface area contributed by atoms with E-state index in [9.17, 15) is 0 Å². The van der Waals surface area contributed by atoms with Crippen molar-refractivity contribution in [2.75, 3.05) is 0 Å². The Morgan fingerprint density at radius 1 is 1.40 bits per heavy atom. The van der Waals surface area contributed by atoms with E-state index in [-0.39, 0.29) is 0 Å². The monoisotopic (exact) mass is 216 g/mol. The summed E-state index contributed by atoms with van der Waals surface area (Å²) in [6, 6.07) is 0. The molecule has 0 fully saturated rings. The normalized spacial score (nSPS) is 18.8. The van der Waals surface area contributed by atoms with E-state index in [0.717, 1.165) is 5.03 Å². The molecule has 1 rings (SSSR count). The summed E-state index contributed by atoms with van der Waals surface area (Å²) in [5.41, 5.74) is 1.31. The van der Waals surface area contributed by atoms with Gasteiger partial charge in [0.05, 0.1) is 0 Å². The standard InChI is InChI=1S/C8H11ClGe/c1-6-7(2)10(3)5-4-8(6)9/h4-5H,1-3H3. The molecule has 0 radical (unpaired) electrons. The predicted octanol–water partition coefficient (Wildman–Crippen LogP) is 2.51. The second-order valence-corrected chi connectivity index (χ2v) is 8.16. The Labute approximate surface area is 71.2 Å². The molecule has 0 saturated carbocycles. The summed E-state index contributed by atoms with van der Waals surface area (Å²) in [5.74, 6) is 2.35. The zero-order valence-corrected chi connectivity index (χ0v) is 9.39. The topological polar surface area (TPSA) is 0 Å². The number of hydrogen-bond donors (Lipinski definition) is 0. The first-order valence-electron chi connectivity index (χ1n) is 3.35. The Morgan fingerprint density at radius 2 is 2.00 bits per heavy atom. The van der Waals surface area contributed by atoms with Crippen LogP contribution in [0.25, 0.3) is 0 Å². The van der Waals surface area contributed by atoms with Gasteiger partial charge < -0.3 is 0 Å². The van der Waals surface area contributed by atoms with Crippen LogP contribution < -0.4 is 0 Å². The minimum atomic E-state index is -0.941. The maximum atomic E-state index is 5.93. The molecule has 0 N–H and O–H groups in total. The van der Waals surface area contributed by atoms with Crippen LogP contribution in [-0.4, -0.2) is 18.3 Å². The number of halogens is 1. The van der Waals surface area contributed by atoms with Crippen LogP contribution in [0.4, 0.5) is 0 Å². The number of hydrogen-bond acceptors (Lipinski definition) is 0. The van der Waals surface area contributed by atoms with Crippen molar-refractivity contribution >= 4 is 29.9 Å². The summed E-state index contributed by atoms with van der Waals surface area (Å²) in [5, 5.41) is 0.926. The van der Waals surface area contributed by atoms with Gasteiger partial charge in [-0.15, -0.1) is 0 Å². The third-order valence-electron chi connectivity index (χ3n) is 1.99. The SMILES string of the molecule is CC1=C(Cl)C=[CH][Ge]([CH3])=[C]1C. The maximum absolute atomic E-state index is 5.93. The molecule has 0 saturated heterocycles. The van der Waals surface area contributed by atoms with Crippen molar-refractivity contribution in [1.82, 2.24) is 0 Å². The van der Waals surface area contributed by atoms with Crippen LogP contribution in [0.5, 0.6) is 0 Å². The zero-order chi connectivity index (χ0) is 7.72. The van der Waals surface area contributed by atoms with Crippen molar-refractivity contribution in [3.8, 4) is 0 Å². The van der Waals surface area contributed by atoms with E-state index in [1.54, 1.807) is 4.35 Å². The van der Waals surface area contributed by atoms with Gasteiger partial charge in [-0.2, -0.15) is 0 Å². The van der Waals surface area contributed by atoms with Gasteiger partial charge in [0.25, 0.3) is 0 Å². The van der Waals surface area contributed by atoms with E-state index in [1.807, 2.05) is 0 Å². The van der Waals surface area contributed by atoms with Crippen LogP contribution in [0, 0.1) is 0 Å². The zero-order valence-electron chi connectivity index (χ0n) is 6.53. The Balaban J connectivity index is 3.18. The third kappa shape index (κ3) is 1.43. The second-order valence-electron chi connectivity index (χ2n) is 2.61. The summed E-state index contributed by atoms with van der Waals surface area (Å²) in [6.45, 7) is 4.31. The van der Waals surface area contributed by atoms with Gasteiger partial charge in [0.15, 0.2) is 0 Å². The summed E-state index contributed by atoms with van der Waals surface area (Å²) in [4.78, 5) is 2.30. The van der Waals surface area contributed by atoms with E-state index in [4.69, 9.17) is 11.6 Å². The quantitative estimate of drug-likeness (QED) is 0.545. The van der Waals surface area contributed by atoms with Crippen molar-refractivity contribution in [3.63, 3.8) is 0 Å². The van der Waals surface area contributed by atoms with Gasteiger partial charge in [-0.05, 0) is 0 Å². The molecule has 54 valence electrons. The summed E-state index contributed by atoms with van der Waals surface area (Å²) >= 11 is 4.98. The average molecular weight is 215 g/mol. The predicted molar refractivity (Wildman–Crippen MR) is 50.0 cm³/mol. The molecular weight excluding hydrogens is 204 g/mol. The first-order valence-corrected chi connectivity index (χ1v) is 8.09. The molecule has 1 aliphatic rings. The van der Waals surface area contributed by atoms with Gasteiger partial charge in [-0.25, -0.2) is 0 Å². The van der Waals surface area contributed by atoms with Gasteiger partial charge in [-0.3, -0.25) is 0 Å². The molecule has 2 heteroatoms. The van der Waals surface area contributed by atoms with Crippen molar-refractivity contribution in [2.45, 2.75) is 19.6 Å². The molecule has 0 spiro atoms. The van der Waals surface area contributed by atoms with Gasteiger partial charge in [0, 0.05) is 0 Å². The molecule has 0 unspecified atom stereocenters. The Kier molecular flexibility index (Phi) is 2.53. The molecule has 1 heterocycles. The molecule has 0 aliphatic carbocycles. The summed E-state index contributed by atoms with van der Waals surface area (Å²) < 4.78 is 1.55. The molecule has 0 amide bonds. The van der Waals surface area contributed by atoms with E-state index < -0.39 is 13.9 Å². The second kappa shape index (κ2) is 3.06. The van der Waals surface area contributed by atoms with Crippen molar-refractivity contribution in [2.24, 2.45) is 0 Å². The fourth-order valence-electron chi connectivity index (χ4n) is 0.923. The first kappa shape index (κ1) is 8.28. The summed E-state index contributed by atoms with van der Waals surface area (Å²) in [7, 11) is 0. The third-order valence-corrected chi connectivity index (χ3v) is 7.07. The fraction of sp³-hybridized carbons (Fsp3) is 0.375. The fourth-order valence-corrected chi connectivity index (χ4v) is 4.44. The minimum absolute atomic E-state index is 0.926. The molecule has 0 atom stereocenters. The molecule has 0 nitrogen and oxygen atoms in total. The van der Waals surface area contributed by atoms with E-state index >= 15 is 0 Å². The van der Waals surface area contributed by atoms with Gasteiger partial charge >= 0.3 is 71.1 Å². The summed E-state index contributed by atoms with van der Waals surface area (Å²) in [6.07, 6.45) is 2.05. The van der Waals surface area contributed by atoms with E-state index in [1.165, 1.54) is 5.57 Å². The van der Waals surface area contributed by atoms with Crippen LogP contribution in [0.3, 0.4) is 0 Å². The van der Waals surface area contributed by atoms with Crippen molar-refractivity contribution in [3.05, 3.63) is 21.6 Å².